The lowest BCUT2D eigenvalue weighted by Crippen LogP contribution is -2.21. The number of nitrogens with zero attached hydrogens (tertiary/aromatic N) is 1. The summed E-state index contributed by atoms with van der Waals surface area (Å²) in [5.41, 5.74) is 3.86. The van der Waals surface area contributed by atoms with Crippen molar-refractivity contribution in [1.29, 1.82) is 0 Å². The summed E-state index contributed by atoms with van der Waals surface area (Å²) in [6, 6.07) is 8.85. The number of aryl methyl sites for hydroxylation is 2. The Hall–Kier alpha value is -1.32. The molecule has 1 aromatic heterocycles. The molecule has 1 aliphatic rings. The number of hydrogen-bond donors (Lipinski definition) is 1. The van der Waals surface area contributed by atoms with Crippen molar-refractivity contribution in [1.82, 2.24) is 9.88 Å². The van der Waals surface area contributed by atoms with Gasteiger partial charge in [-0.3, -0.25) is 0 Å². The third-order valence-corrected chi connectivity index (χ3v) is 3.71. The van der Waals surface area contributed by atoms with Crippen molar-refractivity contribution in [3.63, 3.8) is 0 Å². The average Bonchev–Trinajstić information content (AvgIpc) is 2.59. The van der Waals surface area contributed by atoms with Gasteiger partial charge in [0.2, 0.25) is 0 Å². The largest absolute Gasteiger partial charge is 0.371 e. The Bertz CT molecular complexity index is 551. The second-order valence-electron chi connectivity index (χ2n) is 5.11. The highest BCUT2D eigenvalue weighted by atomic mass is 16.5. The van der Waals surface area contributed by atoms with Gasteiger partial charge in [0.1, 0.15) is 6.10 Å². The summed E-state index contributed by atoms with van der Waals surface area (Å²) < 4.78 is 8.21. The molecule has 1 fully saturated rings. The minimum Gasteiger partial charge on any atom is -0.371 e. The Morgan fingerprint density at radius 2 is 2.22 bits per heavy atom. The fraction of sp³-hybridized carbons (Fsp3) is 0.467. The summed E-state index contributed by atoms with van der Waals surface area (Å²) in [6.45, 7) is 4.94. The highest BCUT2D eigenvalue weighted by Crippen LogP contribution is 2.26. The zero-order valence-electron chi connectivity index (χ0n) is 11.1. The van der Waals surface area contributed by atoms with Crippen LogP contribution in [-0.4, -0.2) is 24.3 Å². The van der Waals surface area contributed by atoms with Gasteiger partial charge < -0.3 is 14.6 Å². The Morgan fingerprint density at radius 3 is 3.11 bits per heavy atom. The predicted octanol–water partition coefficient (Wildman–Crippen LogP) is 2.54. The Labute approximate surface area is 108 Å². The molecule has 0 spiro atoms. The van der Waals surface area contributed by atoms with Crippen molar-refractivity contribution in [3.8, 4) is 0 Å². The molecule has 1 atom stereocenters. The van der Waals surface area contributed by atoms with E-state index in [4.69, 9.17) is 4.74 Å². The molecule has 0 amide bonds. The van der Waals surface area contributed by atoms with E-state index < -0.39 is 0 Å². The van der Waals surface area contributed by atoms with Crippen LogP contribution >= 0.6 is 0 Å². The fourth-order valence-electron chi connectivity index (χ4n) is 2.68. The summed E-state index contributed by atoms with van der Waals surface area (Å²) in [7, 11) is 2.13. The van der Waals surface area contributed by atoms with E-state index in [-0.39, 0.29) is 6.10 Å². The maximum Gasteiger partial charge on any atom is 0.110 e. The molecule has 0 aliphatic carbocycles. The molecule has 1 N–H and O–H groups in total. The quantitative estimate of drug-likeness (QED) is 0.834. The number of aromatic nitrogens is 1. The second kappa shape index (κ2) is 4.75. The molecule has 1 saturated heterocycles. The van der Waals surface area contributed by atoms with Gasteiger partial charge in [-0.15, -0.1) is 0 Å². The van der Waals surface area contributed by atoms with Crippen LogP contribution in [0.3, 0.4) is 0 Å². The van der Waals surface area contributed by atoms with Crippen LogP contribution in [0.25, 0.3) is 10.9 Å². The molecule has 1 aliphatic heterocycles. The summed E-state index contributed by atoms with van der Waals surface area (Å²) in [5.74, 6) is 0. The minimum absolute atomic E-state index is 0.171. The average molecular weight is 244 g/mol. The second-order valence-corrected chi connectivity index (χ2v) is 5.11. The number of fused-ring (bicyclic) bond motifs is 1. The zero-order valence-corrected chi connectivity index (χ0v) is 11.1. The summed E-state index contributed by atoms with van der Waals surface area (Å²) in [6.07, 6.45) is 1.27. The number of rotatable bonds is 1. The molecule has 3 rings (SSSR count). The molecule has 2 heterocycles. The van der Waals surface area contributed by atoms with Crippen LogP contribution in [-0.2, 0) is 11.8 Å². The topological polar surface area (TPSA) is 26.2 Å². The van der Waals surface area contributed by atoms with E-state index in [1.807, 2.05) is 0 Å². The SMILES string of the molecule is Cc1ccc2cc(C3CNCCCO3)n(C)c2c1. The van der Waals surface area contributed by atoms with Crippen LogP contribution in [0.1, 0.15) is 23.8 Å². The summed E-state index contributed by atoms with van der Waals surface area (Å²) in [4.78, 5) is 0. The van der Waals surface area contributed by atoms with Gasteiger partial charge in [-0.05, 0) is 43.0 Å². The molecule has 2 aromatic rings. The molecular weight excluding hydrogens is 224 g/mol. The molecule has 3 heteroatoms. The highest BCUT2D eigenvalue weighted by Gasteiger charge is 2.18. The van der Waals surface area contributed by atoms with Crippen LogP contribution < -0.4 is 5.32 Å². The molecule has 0 saturated carbocycles. The molecule has 1 unspecified atom stereocenters. The molecule has 0 radical (unpaired) electrons. The van der Waals surface area contributed by atoms with Gasteiger partial charge in [0, 0.05) is 31.4 Å². The van der Waals surface area contributed by atoms with Gasteiger partial charge in [0.15, 0.2) is 0 Å². The smallest absolute Gasteiger partial charge is 0.110 e. The van der Waals surface area contributed by atoms with Crippen LogP contribution in [0.15, 0.2) is 24.3 Å². The van der Waals surface area contributed by atoms with E-state index in [9.17, 15) is 0 Å². The Kier molecular flexibility index (Phi) is 3.10. The molecule has 18 heavy (non-hydrogen) atoms. The van der Waals surface area contributed by atoms with E-state index >= 15 is 0 Å². The van der Waals surface area contributed by atoms with E-state index in [2.05, 4.69) is 48.1 Å². The van der Waals surface area contributed by atoms with E-state index in [0.717, 1.165) is 26.1 Å². The summed E-state index contributed by atoms with van der Waals surface area (Å²) in [5, 5.41) is 4.74. The fourth-order valence-corrected chi connectivity index (χ4v) is 2.68. The van der Waals surface area contributed by atoms with Crippen molar-refractivity contribution in [2.24, 2.45) is 7.05 Å². The van der Waals surface area contributed by atoms with Crippen LogP contribution in [0.4, 0.5) is 0 Å². The van der Waals surface area contributed by atoms with Crippen molar-refractivity contribution in [2.45, 2.75) is 19.4 Å². The summed E-state index contributed by atoms with van der Waals surface area (Å²) >= 11 is 0. The molecule has 96 valence electrons. The third-order valence-electron chi connectivity index (χ3n) is 3.71. The maximum atomic E-state index is 5.95. The van der Waals surface area contributed by atoms with Crippen LogP contribution in [0.5, 0.6) is 0 Å². The normalized spacial score (nSPS) is 21.1. The molecular formula is C15H20N2O. The lowest BCUT2D eigenvalue weighted by Gasteiger charge is -2.16. The highest BCUT2D eigenvalue weighted by molar-refractivity contribution is 5.82. The van der Waals surface area contributed by atoms with Gasteiger partial charge in [0.05, 0.1) is 0 Å². The first-order valence-corrected chi connectivity index (χ1v) is 6.64. The minimum atomic E-state index is 0.171. The van der Waals surface area contributed by atoms with Gasteiger partial charge in [0.25, 0.3) is 0 Å². The number of ether oxygens (including phenoxy) is 1. The monoisotopic (exact) mass is 244 g/mol. The Morgan fingerprint density at radius 1 is 1.33 bits per heavy atom. The molecule has 0 bridgehead atoms. The van der Waals surface area contributed by atoms with Crippen molar-refractivity contribution in [2.75, 3.05) is 19.7 Å². The number of benzene rings is 1. The van der Waals surface area contributed by atoms with Gasteiger partial charge in [-0.25, -0.2) is 0 Å². The first kappa shape index (κ1) is 11.8. The Balaban J connectivity index is 2.03. The third kappa shape index (κ3) is 2.04. The van der Waals surface area contributed by atoms with Crippen molar-refractivity contribution in [3.05, 3.63) is 35.5 Å². The lowest BCUT2D eigenvalue weighted by molar-refractivity contribution is 0.0623. The maximum absolute atomic E-state index is 5.95. The standard InChI is InChI=1S/C15H20N2O/c1-11-4-5-12-9-14(17(2)13(12)8-11)15-10-16-6-3-7-18-15/h4-5,8-9,15-16H,3,6-7,10H2,1-2H3. The van der Waals surface area contributed by atoms with Crippen LogP contribution in [0.2, 0.25) is 0 Å². The lowest BCUT2D eigenvalue weighted by atomic mass is 10.2. The predicted molar refractivity (Wildman–Crippen MR) is 73.8 cm³/mol. The van der Waals surface area contributed by atoms with E-state index in [1.54, 1.807) is 0 Å². The van der Waals surface area contributed by atoms with Crippen LogP contribution in [0, 0.1) is 6.92 Å². The first-order chi connectivity index (χ1) is 8.75. The number of hydrogen-bond acceptors (Lipinski definition) is 2. The van der Waals surface area contributed by atoms with E-state index in [1.165, 1.54) is 22.2 Å². The molecule has 3 nitrogen and oxygen atoms in total. The van der Waals surface area contributed by atoms with Crippen molar-refractivity contribution < 1.29 is 4.74 Å². The zero-order chi connectivity index (χ0) is 12.5. The van der Waals surface area contributed by atoms with Gasteiger partial charge in [-0.2, -0.15) is 0 Å². The first-order valence-electron chi connectivity index (χ1n) is 6.64. The van der Waals surface area contributed by atoms with Gasteiger partial charge >= 0.3 is 0 Å². The molecule has 1 aromatic carbocycles. The number of nitrogens with one attached hydrogen (secondary N) is 1. The van der Waals surface area contributed by atoms with Crippen molar-refractivity contribution >= 4 is 10.9 Å². The van der Waals surface area contributed by atoms with E-state index in [0.29, 0.717) is 0 Å². The van der Waals surface area contributed by atoms with Gasteiger partial charge in [-0.1, -0.05) is 12.1 Å².